The first-order chi connectivity index (χ1) is 10.1. The summed E-state index contributed by atoms with van der Waals surface area (Å²) in [6, 6.07) is 14.6. The molecule has 0 saturated carbocycles. The minimum absolute atomic E-state index is 0.406. The number of aliphatic carboxylic acids is 1. The summed E-state index contributed by atoms with van der Waals surface area (Å²) in [4.78, 5) is 24.5. The second-order valence-electron chi connectivity index (χ2n) is 4.38. The van der Waals surface area contributed by atoms with Crippen LogP contribution < -0.4 is 5.32 Å². The number of hydrogen-bond donors (Lipinski definition) is 2. The molecule has 0 heterocycles. The summed E-state index contributed by atoms with van der Waals surface area (Å²) in [7, 11) is 0. The van der Waals surface area contributed by atoms with Gasteiger partial charge in [0.15, 0.2) is 6.04 Å². The number of benzene rings is 2. The lowest BCUT2D eigenvalue weighted by atomic mass is 10.1. The molecule has 0 unspecified atom stereocenters. The van der Waals surface area contributed by atoms with Gasteiger partial charge in [0.05, 0.1) is 0 Å². The molecule has 0 saturated heterocycles. The molecule has 21 heavy (non-hydrogen) atoms. The van der Waals surface area contributed by atoms with Crippen LogP contribution in [-0.2, 0) is 4.79 Å². The minimum atomic E-state index is -1.09. The SMILES string of the molecule is CSc1ccc([C@H](NC(=O)c2ccccc2)C(=O)O)cc1. The Morgan fingerprint density at radius 1 is 1.05 bits per heavy atom. The number of nitrogens with one attached hydrogen (secondary N) is 1. The van der Waals surface area contributed by atoms with Crippen molar-refractivity contribution in [3.8, 4) is 0 Å². The smallest absolute Gasteiger partial charge is 0.330 e. The van der Waals surface area contributed by atoms with Crippen LogP contribution in [0.25, 0.3) is 0 Å². The third kappa shape index (κ3) is 3.86. The molecular weight excluding hydrogens is 286 g/mol. The van der Waals surface area contributed by atoms with Gasteiger partial charge in [0.1, 0.15) is 0 Å². The number of carboxylic acids is 1. The van der Waals surface area contributed by atoms with Crippen LogP contribution >= 0.6 is 11.8 Å². The third-order valence-electron chi connectivity index (χ3n) is 3.01. The Morgan fingerprint density at radius 3 is 2.19 bits per heavy atom. The Bertz CT molecular complexity index is 626. The second kappa shape index (κ2) is 6.95. The van der Waals surface area contributed by atoms with E-state index in [0.717, 1.165) is 4.90 Å². The zero-order valence-corrected chi connectivity index (χ0v) is 12.3. The Labute approximate surface area is 127 Å². The van der Waals surface area contributed by atoms with E-state index < -0.39 is 17.9 Å². The number of amides is 1. The van der Waals surface area contributed by atoms with E-state index in [9.17, 15) is 14.7 Å². The molecule has 4 nitrogen and oxygen atoms in total. The van der Waals surface area contributed by atoms with Crippen LogP contribution in [0.5, 0.6) is 0 Å². The normalized spacial score (nSPS) is 11.7. The van der Waals surface area contributed by atoms with Crippen LogP contribution in [0, 0.1) is 0 Å². The molecule has 2 aromatic carbocycles. The van der Waals surface area contributed by atoms with Gasteiger partial charge in [0, 0.05) is 10.5 Å². The zero-order chi connectivity index (χ0) is 15.2. The Kier molecular flexibility index (Phi) is 5.00. The minimum Gasteiger partial charge on any atom is -0.479 e. The van der Waals surface area contributed by atoms with Gasteiger partial charge in [-0.2, -0.15) is 0 Å². The fourth-order valence-electron chi connectivity index (χ4n) is 1.89. The van der Waals surface area contributed by atoms with Crippen LogP contribution in [0.15, 0.2) is 59.5 Å². The summed E-state index contributed by atoms with van der Waals surface area (Å²) in [5, 5.41) is 11.9. The fourth-order valence-corrected chi connectivity index (χ4v) is 2.30. The Hall–Kier alpha value is -2.27. The number of thioether (sulfide) groups is 1. The number of hydrogen-bond acceptors (Lipinski definition) is 3. The molecule has 0 fully saturated rings. The van der Waals surface area contributed by atoms with Crippen molar-refractivity contribution in [2.24, 2.45) is 0 Å². The molecule has 1 amide bonds. The summed E-state index contributed by atoms with van der Waals surface area (Å²) in [6.07, 6.45) is 1.95. The molecule has 0 bridgehead atoms. The summed E-state index contributed by atoms with van der Waals surface area (Å²) in [5.41, 5.74) is 0.981. The van der Waals surface area contributed by atoms with E-state index in [1.165, 1.54) is 0 Å². The average molecular weight is 301 g/mol. The highest BCUT2D eigenvalue weighted by Crippen LogP contribution is 2.19. The average Bonchev–Trinajstić information content (AvgIpc) is 2.53. The molecule has 0 aromatic heterocycles. The standard InChI is InChI=1S/C16H15NO3S/c1-21-13-9-7-11(8-10-13)14(16(19)20)17-15(18)12-5-3-2-4-6-12/h2-10,14H,1H3,(H,17,18)(H,19,20)/t14-/m0/s1. The van der Waals surface area contributed by atoms with Gasteiger partial charge in [-0.3, -0.25) is 4.79 Å². The Morgan fingerprint density at radius 2 is 1.67 bits per heavy atom. The first-order valence-electron chi connectivity index (χ1n) is 6.34. The fraction of sp³-hybridized carbons (Fsp3) is 0.125. The van der Waals surface area contributed by atoms with E-state index in [4.69, 9.17) is 0 Å². The number of carbonyl (C=O) groups is 2. The monoisotopic (exact) mass is 301 g/mol. The molecule has 0 aliphatic carbocycles. The zero-order valence-electron chi connectivity index (χ0n) is 11.4. The van der Waals surface area contributed by atoms with Gasteiger partial charge in [-0.15, -0.1) is 11.8 Å². The van der Waals surface area contributed by atoms with Crippen molar-refractivity contribution in [3.05, 3.63) is 65.7 Å². The maximum atomic E-state index is 12.1. The molecule has 0 aliphatic rings. The van der Waals surface area contributed by atoms with Gasteiger partial charge in [0.2, 0.25) is 0 Å². The summed E-state index contributed by atoms with van der Waals surface area (Å²) in [5.74, 6) is -1.49. The number of carboxylic acid groups (broad SMARTS) is 1. The quantitative estimate of drug-likeness (QED) is 0.833. The highest BCUT2D eigenvalue weighted by molar-refractivity contribution is 7.98. The van der Waals surface area contributed by atoms with Crippen LogP contribution in [0.1, 0.15) is 22.0 Å². The summed E-state index contributed by atoms with van der Waals surface area (Å²) >= 11 is 1.57. The van der Waals surface area contributed by atoms with E-state index in [-0.39, 0.29) is 0 Å². The maximum absolute atomic E-state index is 12.1. The largest absolute Gasteiger partial charge is 0.479 e. The summed E-state index contributed by atoms with van der Waals surface area (Å²) < 4.78 is 0. The van der Waals surface area contributed by atoms with E-state index >= 15 is 0 Å². The lowest BCUT2D eigenvalue weighted by Crippen LogP contribution is -2.33. The second-order valence-corrected chi connectivity index (χ2v) is 5.26. The topological polar surface area (TPSA) is 66.4 Å². The third-order valence-corrected chi connectivity index (χ3v) is 3.75. The van der Waals surface area contributed by atoms with E-state index in [1.54, 1.807) is 54.2 Å². The van der Waals surface area contributed by atoms with Crippen molar-refractivity contribution < 1.29 is 14.7 Å². The molecule has 2 N–H and O–H groups in total. The van der Waals surface area contributed by atoms with Gasteiger partial charge in [-0.25, -0.2) is 4.79 Å². The first-order valence-corrected chi connectivity index (χ1v) is 7.57. The first kappa shape index (κ1) is 15.1. The van der Waals surface area contributed by atoms with Gasteiger partial charge >= 0.3 is 5.97 Å². The molecule has 108 valence electrons. The molecule has 1 atom stereocenters. The van der Waals surface area contributed by atoms with Crippen molar-refractivity contribution in [3.63, 3.8) is 0 Å². The van der Waals surface area contributed by atoms with Crippen molar-refractivity contribution in [2.75, 3.05) is 6.26 Å². The Balaban J connectivity index is 2.19. The highest BCUT2D eigenvalue weighted by Gasteiger charge is 2.22. The number of carbonyl (C=O) groups excluding carboxylic acids is 1. The predicted molar refractivity (Wildman–Crippen MR) is 82.5 cm³/mol. The van der Waals surface area contributed by atoms with Gasteiger partial charge < -0.3 is 10.4 Å². The lowest BCUT2D eigenvalue weighted by molar-refractivity contribution is -0.139. The molecular formula is C16H15NO3S. The van der Waals surface area contributed by atoms with Crippen LogP contribution in [0.2, 0.25) is 0 Å². The molecule has 0 radical (unpaired) electrons. The van der Waals surface area contributed by atoms with E-state index in [0.29, 0.717) is 11.1 Å². The number of rotatable bonds is 5. The molecule has 2 aromatic rings. The molecule has 2 rings (SSSR count). The van der Waals surface area contributed by atoms with Gasteiger partial charge in [0.25, 0.3) is 5.91 Å². The van der Waals surface area contributed by atoms with Crippen molar-refractivity contribution in [2.45, 2.75) is 10.9 Å². The molecule has 5 heteroatoms. The lowest BCUT2D eigenvalue weighted by Gasteiger charge is -2.15. The van der Waals surface area contributed by atoms with E-state index in [2.05, 4.69) is 5.32 Å². The van der Waals surface area contributed by atoms with Gasteiger partial charge in [-0.1, -0.05) is 30.3 Å². The molecule has 0 spiro atoms. The van der Waals surface area contributed by atoms with Crippen LogP contribution in [0.4, 0.5) is 0 Å². The van der Waals surface area contributed by atoms with Gasteiger partial charge in [-0.05, 0) is 36.1 Å². The molecule has 0 aliphatic heterocycles. The van der Waals surface area contributed by atoms with E-state index in [1.807, 2.05) is 18.4 Å². The highest BCUT2D eigenvalue weighted by atomic mass is 32.2. The van der Waals surface area contributed by atoms with Crippen LogP contribution in [0.3, 0.4) is 0 Å². The van der Waals surface area contributed by atoms with Crippen molar-refractivity contribution >= 4 is 23.6 Å². The predicted octanol–water partition coefficient (Wildman–Crippen LogP) is 2.96. The summed E-state index contributed by atoms with van der Waals surface area (Å²) in [6.45, 7) is 0. The van der Waals surface area contributed by atoms with Crippen molar-refractivity contribution in [1.82, 2.24) is 5.32 Å². The maximum Gasteiger partial charge on any atom is 0.330 e. The van der Waals surface area contributed by atoms with Crippen molar-refractivity contribution in [1.29, 1.82) is 0 Å². The van der Waals surface area contributed by atoms with Crippen LogP contribution in [-0.4, -0.2) is 23.2 Å².